The average molecular weight is 168 g/mol. The zero-order valence-corrected chi connectivity index (χ0v) is 6.67. The highest BCUT2D eigenvalue weighted by Crippen LogP contribution is 2.35. The van der Waals surface area contributed by atoms with E-state index in [-0.39, 0.29) is 12.4 Å². The first-order valence-corrected chi connectivity index (χ1v) is 3.79. The predicted octanol–water partition coefficient (Wildman–Crippen LogP) is 1.56. The van der Waals surface area contributed by atoms with Crippen LogP contribution in [-0.2, 0) is 0 Å². The number of ether oxygens (including phenoxy) is 1. The van der Waals surface area contributed by atoms with Crippen LogP contribution in [0.3, 0.4) is 0 Å². The Kier molecular flexibility index (Phi) is 1.54. The number of aryl methyl sites for hydroxylation is 1. The van der Waals surface area contributed by atoms with Gasteiger partial charge in [-0.1, -0.05) is 0 Å². The van der Waals surface area contributed by atoms with Gasteiger partial charge in [-0.15, -0.1) is 0 Å². The standard InChI is InChI=1S/C9H9FO2/c1-5-2-6(10)3-7-8(11)4-12-9(5)7/h2-3,8,11H,4H2,1H3. The van der Waals surface area contributed by atoms with E-state index in [1.54, 1.807) is 6.92 Å². The molecule has 1 N–H and O–H groups in total. The van der Waals surface area contributed by atoms with Gasteiger partial charge in [0.05, 0.1) is 0 Å². The first-order valence-electron chi connectivity index (χ1n) is 3.79. The van der Waals surface area contributed by atoms with Gasteiger partial charge >= 0.3 is 0 Å². The number of aliphatic hydroxyl groups excluding tert-OH is 1. The summed E-state index contributed by atoms with van der Waals surface area (Å²) < 4.78 is 18.0. The van der Waals surface area contributed by atoms with Crippen molar-refractivity contribution in [1.29, 1.82) is 0 Å². The maximum atomic E-state index is 12.8. The fraction of sp³-hybridized carbons (Fsp3) is 0.333. The highest BCUT2D eigenvalue weighted by Gasteiger charge is 2.24. The van der Waals surface area contributed by atoms with Crippen molar-refractivity contribution in [3.8, 4) is 5.75 Å². The molecule has 3 heteroatoms. The van der Waals surface area contributed by atoms with E-state index < -0.39 is 6.10 Å². The number of rotatable bonds is 0. The molecule has 0 spiro atoms. The molecule has 1 aliphatic rings. The Bertz CT molecular complexity index is 323. The topological polar surface area (TPSA) is 29.5 Å². The van der Waals surface area contributed by atoms with Crippen molar-refractivity contribution in [2.45, 2.75) is 13.0 Å². The zero-order valence-electron chi connectivity index (χ0n) is 6.67. The van der Waals surface area contributed by atoms with Crippen molar-refractivity contribution in [2.75, 3.05) is 6.61 Å². The largest absolute Gasteiger partial charge is 0.490 e. The molecule has 0 aliphatic carbocycles. The summed E-state index contributed by atoms with van der Waals surface area (Å²) in [5, 5.41) is 9.34. The third-order valence-corrected chi connectivity index (χ3v) is 2.01. The van der Waals surface area contributed by atoms with Crippen molar-refractivity contribution < 1.29 is 14.2 Å². The van der Waals surface area contributed by atoms with Crippen molar-refractivity contribution in [3.05, 3.63) is 29.1 Å². The quantitative estimate of drug-likeness (QED) is 0.637. The minimum Gasteiger partial charge on any atom is -0.490 e. The fourth-order valence-electron chi connectivity index (χ4n) is 1.45. The molecule has 12 heavy (non-hydrogen) atoms. The van der Waals surface area contributed by atoms with E-state index in [0.29, 0.717) is 11.3 Å². The van der Waals surface area contributed by atoms with Crippen LogP contribution in [0, 0.1) is 12.7 Å². The third-order valence-electron chi connectivity index (χ3n) is 2.01. The molecule has 0 radical (unpaired) electrons. The van der Waals surface area contributed by atoms with Gasteiger partial charge in [0.1, 0.15) is 24.3 Å². The lowest BCUT2D eigenvalue weighted by atomic mass is 10.1. The molecular formula is C9H9FO2. The number of hydrogen-bond donors (Lipinski definition) is 1. The first kappa shape index (κ1) is 7.55. The number of halogens is 1. The van der Waals surface area contributed by atoms with Crippen LogP contribution in [0.1, 0.15) is 17.2 Å². The van der Waals surface area contributed by atoms with E-state index in [1.807, 2.05) is 0 Å². The number of benzene rings is 1. The van der Waals surface area contributed by atoms with E-state index in [9.17, 15) is 9.50 Å². The second-order valence-corrected chi connectivity index (χ2v) is 2.97. The van der Waals surface area contributed by atoms with E-state index in [0.717, 1.165) is 5.56 Å². The van der Waals surface area contributed by atoms with Gasteiger partial charge < -0.3 is 9.84 Å². The second-order valence-electron chi connectivity index (χ2n) is 2.97. The zero-order chi connectivity index (χ0) is 8.72. The highest BCUT2D eigenvalue weighted by molar-refractivity contribution is 5.45. The molecule has 1 atom stereocenters. The molecular weight excluding hydrogens is 159 g/mol. The Morgan fingerprint density at radius 3 is 3.08 bits per heavy atom. The van der Waals surface area contributed by atoms with Crippen LogP contribution in [0.5, 0.6) is 5.75 Å². The first-order chi connectivity index (χ1) is 5.68. The molecule has 0 saturated carbocycles. The predicted molar refractivity (Wildman–Crippen MR) is 41.6 cm³/mol. The van der Waals surface area contributed by atoms with Crippen molar-refractivity contribution >= 4 is 0 Å². The third kappa shape index (κ3) is 0.975. The lowest BCUT2D eigenvalue weighted by molar-refractivity contribution is 0.140. The SMILES string of the molecule is Cc1cc(F)cc2c1OCC2O. The summed E-state index contributed by atoms with van der Waals surface area (Å²) in [5.41, 5.74) is 1.30. The summed E-state index contributed by atoms with van der Waals surface area (Å²) in [6.45, 7) is 2.00. The van der Waals surface area contributed by atoms with E-state index in [2.05, 4.69) is 0 Å². The van der Waals surface area contributed by atoms with E-state index in [1.165, 1.54) is 12.1 Å². The summed E-state index contributed by atoms with van der Waals surface area (Å²) in [7, 11) is 0. The van der Waals surface area contributed by atoms with Crippen LogP contribution in [0.25, 0.3) is 0 Å². The summed E-state index contributed by atoms with van der Waals surface area (Å²) >= 11 is 0. The van der Waals surface area contributed by atoms with E-state index >= 15 is 0 Å². The maximum absolute atomic E-state index is 12.8. The fourth-order valence-corrected chi connectivity index (χ4v) is 1.45. The van der Waals surface area contributed by atoms with Gasteiger partial charge in [-0.05, 0) is 24.6 Å². The van der Waals surface area contributed by atoms with Gasteiger partial charge in [0.25, 0.3) is 0 Å². The second kappa shape index (κ2) is 2.45. The van der Waals surface area contributed by atoms with Gasteiger partial charge in [-0.2, -0.15) is 0 Å². The normalized spacial score (nSPS) is 20.4. The van der Waals surface area contributed by atoms with Gasteiger partial charge in [0.15, 0.2) is 0 Å². The Balaban J connectivity index is 2.60. The molecule has 0 fully saturated rings. The number of hydrogen-bond acceptors (Lipinski definition) is 2. The number of fused-ring (bicyclic) bond motifs is 1. The van der Waals surface area contributed by atoms with Gasteiger partial charge in [0.2, 0.25) is 0 Å². The van der Waals surface area contributed by atoms with E-state index in [4.69, 9.17) is 4.74 Å². The lowest BCUT2D eigenvalue weighted by Crippen LogP contribution is -1.97. The summed E-state index contributed by atoms with van der Waals surface area (Å²) in [6, 6.07) is 2.72. The van der Waals surface area contributed by atoms with Crippen LogP contribution >= 0.6 is 0 Å². The Labute approximate surface area is 69.6 Å². The summed E-state index contributed by atoms with van der Waals surface area (Å²) in [4.78, 5) is 0. The van der Waals surface area contributed by atoms with Crippen LogP contribution in [0.15, 0.2) is 12.1 Å². The van der Waals surface area contributed by atoms with Crippen LogP contribution < -0.4 is 4.74 Å². The molecule has 64 valence electrons. The summed E-state index contributed by atoms with van der Waals surface area (Å²) in [6.07, 6.45) is -0.672. The lowest BCUT2D eigenvalue weighted by Gasteiger charge is -2.02. The Morgan fingerprint density at radius 2 is 2.33 bits per heavy atom. The Morgan fingerprint density at radius 1 is 1.58 bits per heavy atom. The molecule has 1 aliphatic heterocycles. The molecule has 1 aromatic carbocycles. The van der Waals surface area contributed by atoms with Crippen molar-refractivity contribution in [3.63, 3.8) is 0 Å². The van der Waals surface area contributed by atoms with Crippen LogP contribution in [-0.4, -0.2) is 11.7 Å². The van der Waals surface area contributed by atoms with Crippen LogP contribution in [0.4, 0.5) is 4.39 Å². The monoisotopic (exact) mass is 168 g/mol. The summed E-state index contributed by atoms with van der Waals surface area (Å²) in [5.74, 6) is 0.305. The molecule has 1 heterocycles. The molecule has 1 unspecified atom stereocenters. The van der Waals surface area contributed by atoms with Crippen molar-refractivity contribution in [1.82, 2.24) is 0 Å². The van der Waals surface area contributed by atoms with Gasteiger partial charge in [-0.25, -0.2) is 4.39 Å². The van der Waals surface area contributed by atoms with Crippen LogP contribution in [0.2, 0.25) is 0 Å². The maximum Gasteiger partial charge on any atom is 0.128 e. The van der Waals surface area contributed by atoms with Gasteiger partial charge in [0, 0.05) is 5.56 Å². The molecule has 2 rings (SSSR count). The molecule has 1 aromatic rings. The van der Waals surface area contributed by atoms with Crippen molar-refractivity contribution in [2.24, 2.45) is 0 Å². The number of aliphatic hydroxyl groups is 1. The molecule has 0 bridgehead atoms. The Hall–Kier alpha value is -1.09. The molecule has 0 aromatic heterocycles. The molecule has 2 nitrogen and oxygen atoms in total. The molecule has 0 amide bonds. The highest BCUT2D eigenvalue weighted by atomic mass is 19.1. The minimum atomic E-state index is -0.672. The molecule has 0 saturated heterocycles. The average Bonchev–Trinajstić information content (AvgIpc) is 2.33. The minimum absolute atomic E-state index is 0.236. The smallest absolute Gasteiger partial charge is 0.128 e. The van der Waals surface area contributed by atoms with Gasteiger partial charge in [-0.3, -0.25) is 0 Å².